The average Bonchev–Trinajstić information content (AvgIpc) is 2.48. The molecule has 1 aliphatic carbocycles. The first kappa shape index (κ1) is 18.5. The predicted molar refractivity (Wildman–Crippen MR) is 88.2 cm³/mol. The summed E-state index contributed by atoms with van der Waals surface area (Å²) in [6, 6.07) is 6.86. The maximum atomic E-state index is 12.2. The number of amides is 1. The lowest BCUT2D eigenvalue weighted by molar-refractivity contribution is -0.120. The number of benzene rings is 1. The van der Waals surface area contributed by atoms with Crippen LogP contribution in [0, 0.1) is 5.92 Å². The van der Waals surface area contributed by atoms with E-state index in [2.05, 4.69) is 5.32 Å². The van der Waals surface area contributed by atoms with E-state index in [1.165, 1.54) is 0 Å². The molecule has 5 nitrogen and oxygen atoms in total. The smallest absolute Gasteiger partial charge is 0.338 e. The van der Waals surface area contributed by atoms with Crippen molar-refractivity contribution in [2.75, 3.05) is 11.9 Å². The number of nitrogens with two attached hydrogens (primary N) is 1. The normalized spacial score (nSPS) is 20.6. The Kier molecular flexibility index (Phi) is 7.35. The third-order valence-corrected chi connectivity index (χ3v) is 3.75. The maximum absolute atomic E-state index is 12.2. The van der Waals surface area contributed by atoms with E-state index in [9.17, 15) is 9.59 Å². The molecule has 0 aliphatic heterocycles. The molecule has 2 rings (SSSR count). The molecule has 2 atom stereocenters. The molecule has 0 saturated heterocycles. The highest BCUT2D eigenvalue weighted by Crippen LogP contribution is 2.24. The molecule has 22 heavy (non-hydrogen) atoms. The van der Waals surface area contributed by atoms with Gasteiger partial charge in [-0.05, 0) is 50.5 Å². The third kappa shape index (κ3) is 5.00. The molecule has 122 valence electrons. The van der Waals surface area contributed by atoms with Gasteiger partial charge in [0.05, 0.1) is 12.2 Å². The van der Waals surface area contributed by atoms with E-state index in [-0.39, 0.29) is 36.2 Å². The molecule has 0 bridgehead atoms. The van der Waals surface area contributed by atoms with Crippen molar-refractivity contribution in [3.8, 4) is 0 Å². The molecule has 1 aliphatic rings. The zero-order valence-electron chi connectivity index (χ0n) is 12.7. The summed E-state index contributed by atoms with van der Waals surface area (Å²) in [5.41, 5.74) is 7.07. The minimum atomic E-state index is -0.353. The molecule has 0 spiro atoms. The van der Waals surface area contributed by atoms with E-state index in [4.69, 9.17) is 10.5 Å². The van der Waals surface area contributed by atoms with Crippen molar-refractivity contribution >= 4 is 30.0 Å². The number of carbonyl (C=O) groups excluding carboxylic acids is 2. The second kappa shape index (κ2) is 8.76. The zero-order chi connectivity index (χ0) is 15.2. The van der Waals surface area contributed by atoms with Crippen molar-refractivity contribution in [3.05, 3.63) is 29.8 Å². The van der Waals surface area contributed by atoms with E-state index >= 15 is 0 Å². The van der Waals surface area contributed by atoms with Crippen LogP contribution in [-0.4, -0.2) is 24.5 Å². The van der Waals surface area contributed by atoms with Crippen molar-refractivity contribution in [1.29, 1.82) is 0 Å². The molecule has 1 saturated carbocycles. The van der Waals surface area contributed by atoms with Gasteiger partial charge in [0.15, 0.2) is 0 Å². The van der Waals surface area contributed by atoms with Crippen molar-refractivity contribution in [2.24, 2.45) is 11.7 Å². The van der Waals surface area contributed by atoms with Gasteiger partial charge in [-0.15, -0.1) is 12.4 Å². The minimum absolute atomic E-state index is 0. The van der Waals surface area contributed by atoms with E-state index in [1.54, 1.807) is 31.2 Å². The minimum Gasteiger partial charge on any atom is -0.462 e. The van der Waals surface area contributed by atoms with Gasteiger partial charge < -0.3 is 15.8 Å². The first-order valence-electron chi connectivity index (χ1n) is 7.43. The molecule has 1 fully saturated rings. The summed E-state index contributed by atoms with van der Waals surface area (Å²) in [7, 11) is 0. The topological polar surface area (TPSA) is 81.4 Å². The van der Waals surface area contributed by atoms with Crippen LogP contribution in [0.2, 0.25) is 0 Å². The van der Waals surface area contributed by atoms with Crippen LogP contribution in [0.3, 0.4) is 0 Å². The lowest BCUT2D eigenvalue weighted by atomic mass is 9.85. The fourth-order valence-corrected chi connectivity index (χ4v) is 2.61. The van der Waals surface area contributed by atoms with Crippen molar-refractivity contribution in [3.63, 3.8) is 0 Å². The Bertz CT molecular complexity index is 505. The van der Waals surface area contributed by atoms with Gasteiger partial charge >= 0.3 is 5.97 Å². The van der Waals surface area contributed by atoms with Gasteiger partial charge in [-0.1, -0.05) is 6.42 Å². The standard InChI is InChI=1S/C16H22N2O3.ClH/c1-2-21-16(20)11-6-8-14(9-7-11)18-15(19)12-4-3-5-13(17)10-12;/h6-9,12-13H,2-5,10,17H2,1H3,(H,18,19);1H. The van der Waals surface area contributed by atoms with Crippen molar-refractivity contribution < 1.29 is 14.3 Å². The molecule has 0 heterocycles. The second-order valence-corrected chi connectivity index (χ2v) is 5.41. The number of rotatable bonds is 4. The van der Waals surface area contributed by atoms with Gasteiger partial charge in [-0.2, -0.15) is 0 Å². The van der Waals surface area contributed by atoms with Crippen LogP contribution in [0.15, 0.2) is 24.3 Å². The fourth-order valence-electron chi connectivity index (χ4n) is 2.61. The van der Waals surface area contributed by atoms with Crippen LogP contribution < -0.4 is 11.1 Å². The quantitative estimate of drug-likeness (QED) is 0.834. The van der Waals surface area contributed by atoms with Crippen LogP contribution in [0.25, 0.3) is 0 Å². The number of ether oxygens (including phenoxy) is 1. The third-order valence-electron chi connectivity index (χ3n) is 3.75. The Morgan fingerprint density at radius 2 is 1.95 bits per heavy atom. The Balaban J connectivity index is 0.00000242. The Morgan fingerprint density at radius 3 is 2.55 bits per heavy atom. The van der Waals surface area contributed by atoms with Gasteiger partial charge in [-0.3, -0.25) is 4.79 Å². The molecule has 6 heteroatoms. The Hall–Kier alpha value is -1.59. The Morgan fingerprint density at radius 1 is 1.27 bits per heavy atom. The highest BCUT2D eigenvalue weighted by molar-refractivity contribution is 5.94. The molecule has 1 aromatic carbocycles. The number of nitrogens with one attached hydrogen (secondary N) is 1. The molecule has 1 amide bonds. The fraction of sp³-hybridized carbons (Fsp3) is 0.500. The van der Waals surface area contributed by atoms with Crippen LogP contribution in [-0.2, 0) is 9.53 Å². The van der Waals surface area contributed by atoms with Crippen LogP contribution in [0.1, 0.15) is 43.0 Å². The molecule has 0 aromatic heterocycles. The zero-order valence-corrected chi connectivity index (χ0v) is 13.5. The number of hydrogen-bond acceptors (Lipinski definition) is 4. The first-order valence-corrected chi connectivity index (χ1v) is 7.43. The highest BCUT2D eigenvalue weighted by Gasteiger charge is 2.25. The maximum Gasteiger partial charge on any atom is 0.338 e. The summed E-state index contributed by atoms with van der Waals surface area (Å²) in [5.74, 6) is -0.360. The predicted octanol–water partition coefficient (Wildman–Crippen LogP) is 2.74. The highest BCUT2D eigenvalue weighted by atomic mass is 35.5. The van der Waals surface area contributed by atoms with Crippen LogP contribution >= 0.6 is 12.4 Å². The molecule has 1 aromatic rings. The SMILES string of the molecule is CCOC(=O)c1ccc(NC(=O)C2CCCC(N)C2)cc1.Cl. The molecule has 2 unspecified atom stereocenters. The van der Waals surface area contributed by atoms with E-state index in [0.717, 1.165) is 25.7 Å². The number of anilines is 1. The van der Waals surface area contributed by atoms with Crippen LogP contribution in [0.5, 0.6) is 0 Å². The van der Waals surface area contributed by atoms with Gasteiger partial charge in [0.2, 0.25) is 5.91 Å². The average molecular weight is 327 g/mol. The summed E-state index contributed by atoms with van der Waals surface area (Å²) in [6.07, 6.45) is 3.63. The number of halogens is 1. The van der Waals surface area contributed by atoms with E-state index in [1.807, 2.05) is 0 Å². The summed E-state index contributed by atoms with van der Waals surface area (Å²) in [5, 5.41) is 2.88. The second-order valence-electron chi connectivity index (χ2n) is 5.41. The Labute approximate surface area is 137 Å². The summed E-state index contributed by atoms with van der Waals surface area (Å²) >= 11 is 0. The first-order chi connectivity index (χ1) is 10.1. The van der Waals surface area contributed by atoms with Gasteiger partial charge in [0.25, 0.3) is 0 Å². The van der Waals surface area contributed by atoms with Gasteiger partial charge in [0, 0.05) is 17.6 Å². The van der Waals surface area contributed by atoms with E-state index < -0.39 is 0 Å². The molecular weight excluding hydrogens is 304 g/mol. The van der Waals surface area contributed by atoms with E-state index in [0.29, 0.717) is 17.9 Å². The number of carbonyl (C=O) groups is 2. The van der Waals surface area contributed by atoms with Gasteiger partial charge in [-0.25, -0.2) is 4.79 Å². The van der Waals surface area contributed by atoms with Crippen molar-refractivity contribution in [2.45, 2.75) is 38.6 Å². The largest absolute Gasteiger partial charge is 0.462 e. The number of esters is 1. The number of hydrogen-bond donors (Lipinski definition) is 2. The molecule has 0 radical (unpaired) electrons. The van der Waals surface area contributed by atoms with Crippen LogP contribution in [0.4, 0.5) is 5.69 Å². The van der Waals surface area contributed by atoms with Crippen molar-refractivity contribution in [1.82, 2.24) is 0 Å². The lowest BCUT2D eigenvalue weighted by Gasteiger charge is -2.25. The lowest BCUT2D eigenvalue weighted by Crippen LogP contribution is -2.34. The summed E-state index contributed by atoms with van der Waals surface area (Å²) in [4.78, 5) is 23.7. The van der Waals surface area contributed by atoms with Gasteiger partial charge in [0.1, 0.15) is 0 Å². The molecular formula is C16H23ClN2O3. The summed E-state index contributed by atoms with van der Waals surface area (Å²) in [6.45, 7) is 2.11. The summed E-state index contributed by atoms with van der Waals surface area (Å²) < 4.78 is 4.92. The molecule has 3 N–H and O–H groups in total. The monoisotopic (exact) mass is 326 g/mol.